The average Bonchev–Trinajstić information content (AvgIpc) is 2.46. The molecule has 3 amide bonds. The SMILES string of the molecule is CNC(=O)CNC(=O)NC(Cc1ccc(O)cc1)C(=O)O. The predicted octanol–water partition coefficient (Wildman–Crippen LogP) is -0.567. The second kappa shape index (κ2) is 7.73. The molecule has 5 N–H and O–H groups in total. The second-order valence-corrected chi connectivity index (χ2v) is 4.26. The summed E-state index contributed by atoms with van der Waals surface area (Å²) in [6, 6.07) is 4.11. The average molecular weight is 295 g/mol. The van der Waals surface area contributed by atoms with Gasteiger partial charge in [-0.15, -0.1) is 0 Å². The van der Waals surface area contributed by atoms with Gasteiger partial charge in [0.25, 0.3) is 0 Å². The van der Waals surface area contributed by atoms with Crippen LogP contribution in [0.5, 0.6) is 5.75 Å². The fourth-order valence-electron chi connectivity index (χ4n) is 1.53. The molecule has 0 aliphatic carbocycles. The molecular weight excluding hydrogens is 278 g/mol. The van der Waals surface area contributed by atoms with Crippen LogP contribution in [0.2, 0.25) is 0 Å². The highest BCUT2D eigenvalue weighted by Gasteiger charge is 2.20. The number of carbonyl (C=O) groups is 3. The van der Waals surface area contributed by atoms with Gasteiger partial charge >= 0.3 is 12.0 Å². The zero-order valence-electron chi connectivity index (χ0n) is 11.4. The summed E-state index contributed by atoms with van der Waals surface area (Å²) in [4.78, 5) is 33.6. The summed E-state index contributed by atoms with van der Waals surface area (Å²) in [6.07, 6.45) is 0.0585. The second-order valence-electron chi connectivity index (χ2n) is 4.26. The molecule has 1 aromatic rings. The maximum absolute atomic E-state index is 11.5. The number of hydrogen-bond donors (Lipinski definition) is 5. The number of phenols is 1. The molecule has 0 saturated heterocycles. The topological polar surface area (TPSA) is 128 Å². The molecule has 0 aromatic heterocycles. The first kappa shape index (κ1) is 16.3. The fourth-order valence-corrected chi connectivity index (χ4v) is 1.53. The van der Waals surface area contributed by atoms with E-state index in [1.165, 1.54) is 19.2 Å². The van der Waals surface area contributed by atoms with E-state index in [4.69, 9.17) is 10.2 Å². The van der Waals surface area contributed by atoms with E-state index < -0.39 is 23.9 Å². The molecule has 1 rings (SSSR count). The Kier molecular flexibility index (Phi) is 5.99. The molecule has 114 valence electrons. The molecule has 0 spiro atoms. The van der Waals surface area contributed by atoms with Crippen LogP contribution >= 0.6 is 0 Å². The molecule has 0 heterocycles. The molecule has 0 bridgehead atoms. The standard InChI is InChI=1S/C13H17N3O5/c1-14-11(18)7-15-13(21)16-10(12(19)20)6-8-2-4-9(17)5-3-8/h2-5,10,17H,6-7H2,1H3,(H,14,18)(H,19,20)(H2,15,16,21). The quantitative estimate of drug-likeness (QED) is 0.480. The van der Waals surface area contributed by atoms with Gasteiger partial charge in [0.05, 0.1) is 6.54 Å². The lowest BCUT2D eigenvalue weighted by molar-refractivity contribution is -0.139. The van der Waals surface area contributed by atoms with Gasteiger partial charge in [-0.25, -0.2) is 9.59 Å². The first-order valence-electron chi connectivity index (χ1n) is 6.18. The summed E-state index contributed by atoms with van der Waals surface area (Å²) in [5.74, 6) is -1.52. The molecular formula is C13H17N3O5. The van der Waals surface area contributed by atoms with Crippen LogP contribution in [0.4, 0.5) is 4.79 Å². The lowest BCUT2D eigenvalue weighted by Gasteiger charge is -2.15. The van der Waals surface area contributed by atoms with Crippen LogP contribution in [0.1, 0.15) is 5.56 Å². The van der Waals surface area contributed by atoms with E-state index in [9.17, 15) is 14.4 Å². The fraction of sp³-hybridized carbons (Fsp3) is 0.308. The van der Waals surface area contributed by atoms with Crippen LogP contribution in [0.3, 0.4) is 0 Å². The molecule has 0 fully saturated rings. The first-order valence-corrected chi connectivity index (χ1v) is 6.18. The Morgan fingerprint density at radius 1 is 1.19 bits per heavy atom. The molecule has 8 nitrogen and oxygen atoms in total. The first-order chi connectivity index (χ1) is 9.92. The number of rotatable bonds is 6. The van der Waals surface area contributed by atoms with Crippen molar-refractivity contribution in [1.82, 2.24) is 16.0 Å². The number of urea groups is 1. The van der Waals surface area contributed by atoms with Gasteiger partial charge in [-0.2, -0.15) is 0 Å². The van der Waals surface area contributed by atoms with Crippen molar-refractivity contribution in [1.29, 1.82) is 0 Å². The number of phenolic OH excluding ortho intramolecular Hbond substituents is 1. The van der Waals surface area contributed by atoms with Crippen molar-refractivity contribution in [3.63, 3.8) is 0 Å². The number of aromatic hydroxyl groups is 1. The normalized spacial score (nSPS) is 11.3. The maximum Gasteiger partial charge on any atom is 0.326 e. The molecule has 21 heavy (non-hydrogen) atoms. The van der Waals surface area contributed by atoms with Gasteiger partial charge < -0.3 is 26.2 Å². The van der Waals surface area contributed by atoms with Crippen molar-refractivity contribution < 1.29 is 24.6 Å². The van der Waals surface area contributed by atoms with E-state index in [1.807, 2.05) is 0 Å². The number of nitrogens with one attached hydrogen (secondary N) is 3. The summed E-state index contributed by atoms with van der Waals surface area (Å²) in [6.45, 7) is -0.242. The Morgan fingerprint density at radius 2 is 1.81 bits per heavy atom. The molecule has 0 aliphatic heterocycles. The number of carboxylic acid groups (broad SMARTS) is 1. The Labute approximate surface area is 121 Å². The molecule has 0 radical (unpaired) electrons. The Balaban J connectivity index is 2.57. The predicted molar refractivity (Wildman–Crippen MR) is 73.8 cm³/mol. The van der Waals surface area contributed by atoms with Gasteiger partial charge in [0.2, 0.25) is 5.91 Å². The molecule has 1 atom stereocenters. The number of amides is 3. The molecule has 8 heteroatoms. The third-order valence-corrected chi connectivity index (χ3v) is 2.67. The van der Waals surface area contributed by atoms with Crippen LogP contribution in [0.15, 0.2) is 24.3 Å². The van der Waals surface area contributed by atoms with Gasteiger partial charge in [0.1, 0.15) is 11.8 Å². The number of benzene rings is 1. The Morgan fingerprint density at radius 3 is 2.33 bits per heavy atom. The largest absolute Gasteiger partial charge is 0.508 e. The highest BCUT2D eigenvalue weighted by Crippen LogP contribution is 2.11. The zero-order chi connectivity index (χ0) is 15.8. The number of hydrogen-bond acceptors (Lipinski definition) is 4. The summed E-state index contributed by atoms with van der Waals surface area (Å²) in [5.41, 5.74) is 0.645. The summed E-state index contributed by atoms with van der Waals surface area (Å²) in [5, 5.41) is 25.1. The number of aliphatic carboxylic acids is 1. The van der Waals surface area contributed by atoms with Gasteiger partial charge in [-0.3, -0.25) is 4.79 Å². The van der Waals surface area contributed by atoms with Crippen LogP contribution in [0, 0.1) is 0 Å². The van der Waals surface area contributed by atoms with Gasteiger partial charge in [-0.1, -0.05) is 12.1 Å². The summed E-state index contributed by atoms with van der Waals surface area (Å²) >= 11 is 0. The van der Waals surface area contributed by atoms with Crippen molar-refractivity contribution in [2.75, 3.05) is 13.6 Å². The Hall–Kier alpha value is -2.77. The lowest BCUT2D eigenvalue weighted by Crippen LogP contribution is -2.49. The van der Waals surface area contributed by atoms with Crippen molar-refractivity contribution >= 4 is 17.9 Å². The van der Waals surface area contributed by atoms with Crippen LogP contribution in [0.25, 0.3) is 0 Å². The minimum atomic E-state index is -1.20. The Bertz CT molecular complexity index is 515. The lowest BCUT2D eigenvalue weighted by atomic mass is 10.1. The van der Waals surface area contributed by atoms with Crippen molar-refractivity contribution in [2.45, 2.75) is 12.5 Å². The van der Waals surface area contributed by atoms with E-state index in [-0.39, 0.29) is 18.7 Å². The van der Waals surface area contributed by atoms with E-state index in [1.54, 1.807) is 12.1 Å². The minimum absolute atomic E-state index is 0.0585. The van der Waals surface area contributed by atoms with E-state index in [0.717, 1.165) is 0 Å². The highest BCUT2D eigenvalue weighted by atomic mass is 16.4. The zero-order valence-corrected chi connectivity index (χ0v) is 11.4. The summed E-state index contributed by atoms with van der Waals surface area (Å²) < 4.78 is 0. The molecule has 0 saturated carbocycles. The van der Waals surface area contributed by atoms with E-state index in [0.29, 0.717) is 5.56 Å². The molecule has 1 unspecified atom stereocenters. The van der Waals surface area contributed by atoms with Gasteiger partial charge in [0.15, 0.2) is 0 Å². The van der Waals surface area contributed by atoms with E-state index >= 15 is 0 Å². The van der Waals surface area contributed by atoms with Crippen molar-refractivity contribution in [3.05, 3.63) is 29.8 Å². The van der Waals surface area contributed by atoms with Crippen molar-refractivity contribution in [2.24, 2.45) is 0 Å². The number of carbonyl (C=O) groups excluding carboxylic acids is 2. The molecule has 0 aliphatic rings. The third kappa shape index (κ3) is 5.81. The van der Waals surface area contributed by atoms with Crippen LogP contribution < -0.4 is 16.0 Å². The third-order valence-electron chi connectivity index (χ3n) is 2.67. The number of carboxylic acids is 1. The smallest absolute Gasteiger partial charge is 0.326 e. The molecule has 1 aromatic carbocycles. The van der Waals surface area contributed by atoms with Crippen molar-refractivity contribution in [3.8, 4) is 5.75 Å². The van der Waals surface area contributed by atoms with E-state index in [2.05, 4.69) is 16.0 Å². The monoisotopic (exact) mass is 295 g/mol. The maximum atomic E-state index is 11.5. The van der Waals surface area contributed by atoms with Crippen LogP contribution in [-0.4, -0.2) is 47.8 Å². The highest BCUT2D eigenvalue weighted by molar-refractivity contribution is 5.86. The summed E-state index contributed by atoms with van der Waals surface area (Å²) in [7, 11) is 1.42. The van der Waals surface area contributed by atoms with Crippen LogP contribution in [-0.2, 0) is 16.0 Å². The number of likely N-dealkylation sites (N-methyl/N-ethyl adjacent to an activating group) is 1. The van der Waals surface area contributed by atoms with Gasteiger partial charge in [-0.05, 0) is 17.7 Å². The minimum Gasteiger partial charge on any atom is -0.508 e. The van der Waals surface area contributed by atoms with Gasteiger partial charge in [0, 0.05) is 13.5 Å².